The molecule has 3 aromatic rings. The Labute approximate surface area is 219 Å². The van der Waals surface area contributed by atoms with Gasteiger partial charge >= 0.3 is 12.3 Å². The Morgan fingerprint density at radius 3 is 2.63 bits per heavy atom. The van der Waals surface area contributed by atoms with Gasteiger partial charge in [-0.3, -0.25) is 0 Å². The number of nitrogens with zero attached hydrogens (tertiary/aromatic N) is 2. The van der Waals surface area contributed by atoms with Crippen molar-refractivity contribution in [3.8, 4) is 17.0 Å². The van der Waals surface area contributed by atoms with Crippen molar-refractivity contribution in [2.75, 3.05) is 20.2 Å². The summed E-state index contributed by atoms with van der Waals surface area (Å²) in [6.45, 7) is 3.95. The second-order valence-electron chi connectivity index (χ2n) is 9.34. The maximum absolute atomic E-state index is 13.3. The van der Waals surface area contributed by atoms with E-state index in [-0.39, 0.29) is 18.9 Å². The summed E-state index contributed by atoms with van der Waals surface area (Å²) in [5, 5.41) is 15.1. The largest absolute Gasteiger partial charge is 0.496 e. The van der Waals surface area contributed by atoms with Crippen molar-refractivity contribution < 1.29 is 27.4 Å². The summed E-state index contributed by atoms with van der Waals surface area (Å²) in [7, 11) is 1.32. The fourth-order valence-electron chi connectivity index (χ4n) is 4.63. The smallest absolute Gasteiger partial charge is 0.416 e. The Kier molecular flexibility index (Phi) is 8.83. The van der Waals surface area contributed by atoms with Crippen LogP contribution in [-0.4, -0.2) is 36.5 Å². The zero-order valence-electron chi connectivity index (χ0n) is 21.4. The van der Waals surface area contributed by atoms with Gasteiger partial charge in [-0.05, 0) is 80.1 Å². The minimum Gasteiger partial charge on any atom is -0.496 e. The molecule has 2 N–H and O–H groups in total. The molecule has 1 atom stereocenters. The van der Waals surface area contributed by atoms with E-state index >= 15 is 0 Å². The van der Waals surface area contributed by atoms with Crippen LogP contribution in [0.3, 0.4) is 0 Å². The number of halogens is 3. The van der Waals surface area contributed by atoms with Crippen molar-refractivity contribution in [2.45, 2.75) is 45.5 Å². The minimum atomic E-state index is -4.50. The van der Waals surface area contributed by atoms with E-state index in [2.05, 4.69) is 20.8 Å². The van der Waals surface area contributed by atoms with Gasteiger partial charge in [-0.1, -0.05) is 30.3 Å². The lowest BCUT2D eigenvalue weighted by molar-refractivity contribution is -0.137. The van der Waals surface area contributed by atoms with Gasteiger partial charge in [0.1, 0.15) is 12.4 Å². The molecule has 0 bridgehead atoms. The molecule has 4 rings (SSSR count). The zero-order chi connectivity index (χ0) is 27.1. The number of hydrogen-bond acceptors (Lipinski definition) is 6. The van der Waals surface area contributed by atoms with E-state index in [9.17, 15) is 18.0 Å². The SMILES string of the molecule is COc1cc(C(F)(F)F)ccc1-c1nnc(C[C@@H]2CCCNC2)c(CNC(=O)OCc2ccccc2)c1C. The molecular formula is C28H31F3N4O3. The van der Waals surface area contributed by atoms with E-state index in [4.69, 9.17) is 9.47 Å². The van der Waals surface area contributed by atoms with Crippen molar-refractivity contribution >= 4 is 6.09 Å². The monoisotopic (exact) mass is 528 g/mol. The first-order chi connectivity index (χ1) is 18.3. The van der Waals surface area contributed by atoms with E-state index in [1.807, 2.05) is 37.3 Å². The molecule has 1 fully saturated rings. The van der Waals surface area contributed by atoms with Crippen LogP contribution in [0.15, 0.2) is 48.5 Å². The Morgan fingerprint density at radius 2 is 1.95 bits per heavy atom. The van der Waals surface area contributed by atoms with Crippen molar-refractivity contribution in [1.82, 2.24) is 20.8 Å². The number of carbonyl (C=O) groups excluding carboxylic acids is 1. The van der Waals surface area contributed by atoms with Crippen LogP contribution in [0.2, 0.25) is 0 Å². The molecule has 0 saturated carbocycles. The fraction of sp³-hybridized carbons (Fsp3) is 0.393. The van der Waals surface area contributed by atoms with Crippen LogP contribution in [0.1, 0.15) is 40.8 Å². The number of nitrogens with one attached hydrogen (secondary N) is 2. The molecule has 2 aromatic carbocycles. The van der Waals surface area contributed by atoms with Gasteiger partial charge in [0.15, 0.2) is 0 Å². The highest BCUT2D eigenvalue weighted by atomic mass is 19.4. The van der Waals surface area contributed by atoms with Gasteiger partial charge in [-0.15, -0.1) is 5.10 Å². The zero-order valence-corrected chi connectivity index (χ0v) is 21.4. The van der Waals surface area contributed by atoms with Gasteiger partial charge in [-0.2, -0.15) is 18.3 Å². The van der Waals surface area contributed by atoms with Crippen molar-refractivity contribution in [1.29, 1.82) is 0 Å². The van der Waals surface area contributed by atoms with Crippen LogP contribution in [0.5, 0.6) is 5.75 Å². The maximum Gasteiger partial charge on any atom is 0.416 e. The molecule has 10 heteroatoms. The highest BCUT2D eigenvalue weighted by Crippen LogP contribution is 2.38. The molecule has 1 aromatic heterocycles. The van der Waals surface area contributed by atoms with Crippen LogP contribution in [0, 0.1) is 12.8 Å². The summed E-state index contributed by atoms with van der Waals surface area (Å²) < 4.78 is 50.4. The number of ether oxygens (including phenoxy) is 2. The maximum atomic E-state index is 13.3. The summed E-state index contributed by atoms with van der Waals surface area (Å²) in [6.07, 6.45) is -2.30. The summed E-state index contributed by atoms with van der Waals surface area (Å²) in [5.41, 5.74) is 3.06. The standard InChI is InChI=1S/C28H31F3N4O3/c1-18-23(16-33-27(36)38-17-19-7-4-3-5-8-19)24(13-20-9-6-12-32-15-20)34-35-26(18)22-11-10-21(28(29,30)31)14-25(22)37-2/h3-5,7-8,10-11,14,20,32H,6,9,12-13,15-17H2,1-2H3,(H,33,36)/t20-/m0/s1. The minimum absolute atomic E-state index is 0.0441. The summed E-state index contributed by atoms with van der Waals surface area (Å²) in [4.78, 5) is 12.5. The van der Waals surface area contributed by atoms with Crippen LogP contribution < -0.4 is 15.4 Å². The van der Waals surface area contributed by atoms with E-state index in [1.165, 1.54) is 13.2 Å². The average molecular weight is 529 g/mol. The van der Waals surface area contributed by atoms with Gasteiger partial charge in [0, 0.05) is 12.1 Å². The lowest BCUT2D eigenvalue weighted by Gasteiger charge is -2.24. The number of hydrogen-bond donors (Lipinski definition) is 2. The molecule has 0 unspecified atom stereocenters. The molecule has 0 spiro atoms. The average Bonchev–Trinajstić information content (AvgIpc) is 2.92. The predicted molar refractivity (Wildman–Crippen MR) is 137 cm³/mol. The van der Waals surface area contributed by atoms with E-state index in [0.29, 0.717) is 29.2 Å². The fourth-order valence-corrected chi connectivity index (χ4v) is 4.63. The third-order valence-electron chi connectivity index (χ3n) is 6.71. The number of alkyl halides is 3. The van der Waals surface area contributed by atoms with Crippen LogP contribution in [-0.2, 0) is 30.5 Å². The Bertz CT molecular complexity index is 1250. The van der Waals surface area contributed by atoms with Gasteiger partial charge < -0.3 is 20.1 Å². The van der Waals surface area contributed by atoms with Gasteiger partial charge in [-0.25, -0.2) is 4.79 Å². The topological polar surface area (TPSA) is 85.4 Å². The van der Waals surface area contributed by atoms with Crippen molar-refractivity contribution in [3.63, 3.8) is 0 Å². The lowest BCUT2D eigenvalue weighted by Crippen LogP contribution is -2.32. The van der Waals surface area contributed by atoms with Crippen LogP contribution in [0.4, 0.5) is 18.0 Å². The predicted octanol–water partition coefficient (Wildman–Crippen LogP) is 5.45. The van der Waals surface area contributed by atoms with E-state index in [0.717, 1.165) is 54.9 Å². The molecule has 7 nitrogen and oxygen atoms in total. The molecule has 1 aliphatic rings. The number of piperidine rings is 1. The number of aromatic nitrogens is 2. The second-order valence-corrected chi connectivity index (χ2v) is 9.34. The van der Waals surface area contributed by atoms with Crippen LogP contribution >= 0.6 is 0 Å². The van der Waals surface area contributed by atoms with E-state index in [1.54, 1.807) is 0 Å². The number of alkyl carbamates (subject to hydrolysis) is 1. The number of rotatable bonds is 8. The quantitative estimate of drug-likeness (QED) is 0.405. The Hall–Kier alpha value is -3.66. The number of amides is 1. The van der Waals surface area contributed by atoms with Crippen molar-refractivity contribution in [3.05, 3.63) is 76.5 Å². The Balaban J connectivity index is 1.61. The first kappa shape index (κ1) is 27.4. The molecule has 1 saturated heterocycles. The molecule has 2 heterocycles. The van der Waals surface area contributed by atoms with Crippen LogP contribution in [0.25, 0.3) is 11.3 Å². The normalized spacial score (nSPS) is 15.7. The molecular weight excluding hydrogens is 497 g/mol. The van der Waals surface area contributed by atoms with Gasteiger partial charge in [0.2, 0.25) is 0 Å². The van der Waals surface area contributed by atoms with Gasteiger partial charge in [0.25, 0.3) is 0 Å². The second kappa shape index (κ2) is 12.3. The molecule has 1 amide bonds. The lowest BCUT2D eigenvalue weighted by atomic mass is 9.91. The number of benzene rings is 2. The molecule has 1 aliphatic heterocycles. The highest BCUT2D eigenvalue weighted by molar-refractivity contribution is 5.72. The molecule has 0 radical (unpaired) electrons. The summed E-state index contributed by atoms with van der Waals surface area (Å²) in [6, 6.07) is 12.6. The highest BCUT2D eigenvalue weighted by Gasteiger charge is 2.32. The first-order valence-electron chi connectivity index (χ1n) is 12.5. The summed E-state index contributed by atoms with van der Waals surface area (Å²) >= 11 is 0. The third kappa shape index (κ3) is 6.80. The Morgan fingerprint density at radius 1 is 1.16 bits per heavy atom. The third-order valence-corrected chi connectivity index (χ3v) is 6.71. The number of methoxy groups -OCH3 is 1. The molecule has 202 valence electrons. The molecule has 0 aliphatic carbocycles. The van der Waals surface area contributed by atoms with Gasteiger partial charge in [0.05, 0.1) is 24.1 Å². The first-order valence-corrected chi connectivity index (χ1v) is 12.5. The van der Waals surface area contributed by atoms with E-state index < -0.39 is 17.8 Å². The summed E-state index contributed by atoms with van der Waals surface area (Å²) in [5.74, 6) is 0.412. The number of carbonyl (C=O) groups is 1. The molecule has 38 heavy (non-hydrogen) atoms. The van der Waals surface area contributed by atoms with Crippen molar-refractivity contribution in [2.24, 2.45) is 5.92 Å².